The largest absolute Gasteiger partial charge is 0.341 e. The Hall–Kier alpha value is -2.71. The van der Waals surface area contributed by atoms with Gasteiger partial charge in [0, 0.05) is 40.2 Å². The van der Waals surface area contributed by atoms with E-state index < -0.39 is 48.0 Å². The van der Waals surface area contributed by atoms with Gasteiger partial charge >= 0.3 is 0 Å². The normalized spacial score (nSPS) is 19.4. The van der Waals surface area contributed by atoms with E-state index in [0.29, 0.717) is 30.6 Å². The van der Waals surface area contributed by atoms with Gasteiger partial charge in [0.1, 0.15) is 0 Å². The highest BCUT2D eigenvalue weighted by Crippen LogP contribution is 2.41. The summed E-state index contributed by atoms with van der Waals surface area (Å²) in [6.45, 7) is 3.78. The molecule has 2 aromatic heterocycles. The number of likely N-dealkylation sites (N-methyl/N-ethyl adjacent to an activating group) is 1. The van der Waals surface area contributed by atoms with Crippen LogP contribution in [0.2, 0.25) is 0 Å². The molecule has 2 unspecified atom stereocenters. The molecule has 0 radical (unpaired) electrons. The van der Waals surface area contributed by atoms with Gasteiger partial charge in [-0.2, -0.15) is 8.42 Å². The highest BCUT2D eigenvalue weighted by atomic mass is 32.2. The summed E-state index contributed by atoms with van der Waals surface area (Å²) in [5.74, 6) is 0. The fourth-order valence-corrected chi connectivity index (χ4v) is 10.3. The molecule has 0 N–H and O–H groups in total. The van der Waals surface area contributed by atoms with E-state index in [9.17, 15) is 25.3 Å². The van der Waals surface area contributed by atoms with Gasteiger partial charge in [0.05, 0.1) is 44.7 Å². The highest BCUT2D eigenvalue weighted by Gasteiger charge is 2.40. The Balaban J connectivity index is 1.51. The standard InChI is InChI=1S/C31H39N3O7S3/c1-20(32(3)4)30(33-16-14-22-18-26(10-12-28(22)33)43(37,38)24-6-7-24)31(21(2)41-42(5,35)36)34-17-15-23-19-27(11-13-29(23)34)44(39,40)25-8-9-25/h10-21,24-25,30-31H,6-9H2,1-5H3/t20-,21+,30?,31?/m1/s1. The van der Waals surface area contributed by atoms with Gasteiger partial charge < -0.3 is 14.0 Å². The molecule has 0 saturated heterocycles. The lowest BCUT2D eigenvalue weighted by Crippen LogP contribution is -2.43. The third-order valence-corrected chi connectivity index (χ3v) is 14.2. The first-order valence-corrected chi connectivity index (χ1v) is 19.7. The molecular formula is C31H39N3O7S3. The van der Waals surface area contributed by atoms with Crippen molar-refractivity contribution in [3.63, 3.8) is 0 Å². The van der Waals surface area contributed by atoms with Crippen LogP contribution in [0.5, 0.6) is 0 Å². The molecule has 0 aliphatic heterocycles. The molecule has 4 aromatic rings. The van der Waals surface area contributed by atoms with Gasteiger partial charge in [-0.3, -0.25) is 4.18 Å². The molecule has 2 aliphatic rings. The molecule has 10 nitrogen and oxygen atoms in total. The second kappa shape index (κ2) is 11.0. The number of nitrogens with zero attached hydrogens (tertiary/aromatic N) is 3. The summed E-state index contributed by atoms with van der Waals surface area (Å²) in [7, 11) is -6.71. The Morgan fingerprint density at radius 1 is 0.705 bits per heavy atom. The maximum absolute atomic E-state index is 13.0. The number of hydrogen-bond donors (Lipinski definition) is 0. The van der Waals surface area contributed by atoms with Crippen LogP contribution in [0.4, 0.5) is 0 Å². The quantitative estimate of drug-likeness (QED) is 0.202. The summed E-state index contributed by atoms with van der Waals surface area (Å²) in [4.78, 5) is 2.64. The molecule has 13 heteroatoms. The number of sulfone groups is 2. The maximum Gasteiger partial charge on any atom is 0.264 e. The lowest BCUT2D eigenvalue weighted by atomic mass is 9.95. The van der Waals surface area contributed by atoms with Gasteiger partial charge in [-0.05, 0) is 102 Å². The van der Waals surface area contributed by atoms with Gasteiger partial charge in [0.25, 0.3) is 10.1 Å². The first-order chi connectivity index (χ1) is 20.6. The molecule has 0 spiro atoms. The van der Waals surface area contributed by atoms with E-state index >= 15 is 0 Å². The van der Waals surface area contributed by atoms with Crippen molar-refractivity contribution in [2.45, 2.75) is 84.1 Å². The van der Waals surface area contributed by atoms with Crippen LogP contribution in [0.25, 0.3) is 21.8 Å². The smallest absolute Gasteiger partial charge is 0.264 e. The van der Waals surface area contributed by atoms with Crippen molar-refractivity contribution < 1.29 is 29.4 Å². The Kier molecular flexibility index (Phi) is 7.80. The predicted molar refractivity (Wildman–Crippen MR) is 171 cm³/mol. The predicted octanol–water partition coefficient (Wildman–Crippen LogP) is 4.57. The highest BCUT2D eigenvalue weighted by molar-refractivity contribution is 7.92. The van der Waals surface area contributed by atoms with Crippen LogP contribution in [0.1, 0.15) is 51.6 Å². The summed E-state index contributed by atoms with van der Waals surface area (Å²) in [6, 6.07) is 12.9. The van der Waals surface area contributed by atoms with Gasteiger partial charge in [-0.1, -0.05) is 0 Å². The minimum atomic E-state index is -3.84. The van der Waals surface area contributed by atoms with Crippen molar-refractivity contribution in [3.05, 3.63) is 60.9 Å². The van der Waals surface area contributed by atoms with Crippen LogP contribution in [0, 0.1) is 0 Å². The van der Waals surface area contributed by atoms with Crippen molar-refractivity contribution in [1.82, 2.24) is 14.0 Å². The monoisotopic (exact) mass is 661 g/mol. The topological polar surface area (TPSA) is 125 Å². The van der Waals surface area contributed by atoms with Crippen LogP contribution >= 0.6 is 0 Å². The molecule has 2 saturated carbocycles. The summed E-state index contributed by atoms with van der Waals surface area (Å²) < 4.78 is 86.5. The lowest BCUT2D eigenvalue weighted by molar-refractivity contribution is 0.0905. The first-order valence-electron chi connectivity index (χ1n) is 14.8. The van der Waals surface area contributed by atoms with Crippen molar-refractivity contribution in [2.24, 2.45) is 0 Å². The molecule has 2 heterocycles. The van der Waals surface area contributed by atoms with Crippen LogP contribution in [-0.4, -0.2) is 82.3 Å². The average Bonchev–Trinajstić information content (AvgIpc) is 3.88. The zero-order valence-corrected chi connectivity index (χ0v) is 27.9. The second-order valence-electron chi connectivity index (χ2n) is 12.6. The molecule has 2 aromatic carbocycles. The van der Waals surface area contributed by atoms with E-state index in [1.165, 1.54) is 0 Å². The average molecular weight is 662 g/mol. The third kappa shape index (κ3) is 5.73. The van der Waals surface area contributed by atoms with Gasteiger partial charge in [-0.25, -0.2) is 16.8 Å². The molecular weight excluding hydrogens is 623 g/mol. The molecule has 4 atom stereocenters. The fraction of sp³-hybridized carbons (Fsp3) is 0.484. The van der Waals surface area contributed by atoms with Crippen LogP contribution in [0.15, 0.2) is 70.7 Å². The summed E-state index contributed by atoms with van der Waals surface area (Å²) >= 11 is 0. The molecule has 44 heavy (non-hydrogen) atoms. The van der Waals surface area contributed by atoms with E-state index in [2.05, 4.69) is 16.4 Å². The maximum atomic E-state index is 13.0. The molecule has 0 bridgehead atoms. The summed E-state index contributed by atoms with van der Waals surface area (Å²) in [5, 5.41) is 0.853. The van der Waals surface area contributed by atoms with E-state index in [1.54, 1.807) is 37.3 Å². The fourth-order valence-electron chi connectivity index (χ4n) is 6.29. The van der Waals surface area contributed by atoms with E-state index in [0.717, 1.165) is 28.1 Å². The Labute approximate surface area is 259 Å². The number of aromatic nitrogens is 2. The summed E-state index contributed by atoms with van der Waals surface area (Å²) in [5.41, 5.74) is 1.56. The van der Waals surface area contributed by atoms with Crippen molar-refractivity contribution in [2.75, 3.05) is 20.4 Å². The van der Waals surface area contributed by atoms with Crippen molar-refractivity contribution in [1.29, 1.82) is 0 Å². The molecule has 238 valence electrons. The second-order valence-corrected chi connectivity index (χ2v) is 18.6. The van der Waals surface area contributed by atoms with Crippen molar-refractivity contribution >= 4 is 51.6 Å². The first kappa shape index (κ1) is 31.3. The number of fused-ring (bicyclic) bond motifs is 2. The molecule has 2 fully saturated rings. The molecule has 6 rings (SSSR count). The molecule has 2 aliphatic carbocycles. The zero-order chi connectivity index (χ0) is 31.8. The van der Waals surface area contributed by atoms with Gasteiger partial charge in [-0.15, -0.1) is 0 Å². The van der Waals surface area contributed by atoms with E-state index in [4.69, 9.17) is 4.18 Å². The lowest BCUT2D eigenvalue weighted by Gasteiger charge is -2.40. The van der Waals surface area contributed by atoms with Crippen LogP contribution < -0.4 is 0 Å². The number of rotatable bonds is 12. The van der Waals surface area contributed by atoms with Crippen LogP contribution in [-0.2, 0) is 34.0 Å². The molecule has 0 amide bonds. The number of benzene rings is 2. The Bertz CT molecular complexity index is 2060. The Morgan fingerprint density at radius 2 is 1.14 bits per heavy atom. The third-order valence-electron chi connectivity index (χ3n) is 9.08. The van der Waals surface area contributed by atoms with Crippen molar-refractivity contribution in [3.8, 4) is 0 Å². The zero-order valence-electron chi connectivity index (χ0n) is 25.5. The van der Waals surface area contributed by atoms with E-state index in [1.807, 2.05) is 49.3 Å². The van der Waals surface area contributed by atoms with Gasteiger partial charge in [0.15, 0.2) is 19.7 Å². The van der Waals surface area contributed by atoms with E-state index in [-0.39, 0.29) is 21.4 Å². The van der Waals surface area contributed by atoms with Crippen LogP contribution in [0.3, 0.4) is 0 Å². The SMILES string of the molecule is C[C@H](OS(C)(=O)=O)C(C([C@@H](C)N(C)C)n1ccc2cc(S(=O)(=O)C3CC3)ccc21)n1ccc2cc(S(=O)(=O)C3CC3)ccc21. The summed E-state index contributed by atoms with van der Waals surface area (Å²) in [6.07, 6.45) is 6.68. The number of hydrogen-bond acceptors (Lipinski definition) is 8. The minimum Gasteiger partial charge on any atom is -0.341 e. The minimum absolute atomic E-state index is 0.150. The Morgan fingerprint density at radius 3 is 1.52 bits per heavy atom. The van der Waals surface area contributed by atoms with Gasteiger partial charge in [0.2, 0.25) is 0 Å².